The molecular formula is C25H28N4O3. The van der Waals surface area contributed by atoms with Gasteiger partial charge in [-0.1, -0.05) is 30.3 Å². The molecule has 1 aliphatic rings. The monoisotopic (exact) mass is 432 g/mol. The molecule has 0 aliphatic carbocycles. The summed E-state index contributed by atoms with van der Waals surface area (Å²) in [7, 11) is 1.64. The molecule has 1 aliphatic heterocycles. The van der Waals surface area contributed by atoms with Gasteiger partial charge < -0.3 is 10.1 Å². The number of likely N-dealkylation sites (tertiary alicyclic amines) is 1. The molecule has 1 fully saturated rings. The molecule has 1 aromatic heterocycles. The van der Waals surface area contributed by atoms with E-state index in [1.807, 2.05) is 54.6 Å². The molecule has 4 rings (SSSR count). The van der Waals surface area contributed by atoms with Gasteiger partial charge in [-0.05, 0) is 62.7 Å². The first-order valence-corrected chi connectivity index (χ1v) is 10.9. The lowest BCUT2D eigenvalue weighted by Gasteiger charge is -2.28. The average molecular weight is 433 g/mol. The molecule has 7 nitrogen and oxygen atoms in total. The molecule has 32 heavy (non-hydrogen) atoms. The van der Waals surface area contributed by atoms with Crippen LogP contribution >= 0.6 is 0 Å². The minimum atomic E-state index is -0.461. The number of rotatable bonds is 7. The van der Waals surface area contributed by atoms with Crippen molar-refractivity contribution < 1.29 is 9.53 Å². The number of hydrogen-bond acceptors (Lipinski definition) is 5. The van der Waals surface area contributed by atoms with Crippen molar-refractivity contribution in [2.24, 2.45) is 0 Å². The number of nitrogens with one attached hydrogen (secondary N) is 1. The van der Waals surface area contributed by atoms with Crippen molar-refractivity contribution in [3.63, 3.8) is 0 Å². The number of methoxy groups -OCH3 is 1. The highest BCUT2D eigenvalue weighted by Gasteiger charge is 2.25. The van der Waals surface area contributed by atoms with Gasteiger partial charge in [0, 0.05) is 18.3 Å². The Morgan fingerprint density at radius 1 is 1.09 bits per heavy atom. The summed E-state index contributed by atoms with van der Waals surface area (Å²) in [6.07, 6.45) is 2.28. The molecule has 1 amide bonds. The Hall–Kier alpha value is -3.45. The van der Waals surface area contributed by atoms with Crippen molar-refractivity contribution in [2.75, 3.05) is 26.7 Å². The van der Waals surface area contributed by atoms with Crippen LogP contribution in [0.25, 0.3) is 5.69 Å². The van der Waals surface area contributed by atoms with Crippen molar-refractivity contribution >= 4 is 5.91 Å². The summed E-state index contributed by atoms with van der Waals surface area (Å²) in [4.78, 5) is 27.9. The molecule has 0 saturated carbocycles. The van der Waals surface area contributed by atoms with Crippen LogP contribution in [0.3, 0.4) is 0 Å². The Balaban J connectivity index is 1.56. The molecule has 3 aromatic rings. The molecule has 2 aromatic carbocycles. The van der Waals surface area contributed by atoms with E-state index in [1.54, 1.807) is 18.7 Å². The fourth-order valence-corrected chi connectivity index (χ4v) is 4.15. The van der Waals surface area contributed by atoms with E-state index in [0.29, 0.717) is 12.2 Å². The summed E-state index contributed by atoms with van der Waals surface area (Å²) in [6.45, 7) is 4.16. The highest BCUT2D eigenvalue weighted by molar-refractivity contribution is 5.92. The first-order chi connectivity index (χ1) is 15.6. The molecule has 1 saturated heterocycles. The number of hydrogen-bond donors (Lipinski definition) is 1. The lowest BCUT2D eigenvalue weighted by atomic mass is 10.1. The number of amides is 1. The zero-order valence-electron chi connectivity index (χ0n) is 18.5. The number of ether oxygens (including phenoxy) is 1. The van der Waals surface area contributed by atoms with E-state index in [4.69, 9.17) is 4.74 Å². The minimum absolute atomic E-state index is 0.0224. The SMILES string of the molecule is COc1ccc(C(CNC(=O)c2nn(-c3ccccc3)c(C)cc2=O)N2CCCC2)cc1. The topological polar surface area (TPSA) is 76.5 Å². The maximum atomic E-state index is 13.0. The van der Waals surface area contributed by atoms with Crippen LogP contribution in [0.1, 0.15) is 40.6 Å². The van der Waals surface area contributed by atoms with Crippen LogP contribution in [-0.4, -0.2) is 47.3 Å². The Labute approximate surface area is 187 Å². The molecular weight excluding hydrogens is 404 g/mol. The Morgan fingerprint density at radius 2 is 1.78 bits per heavy atom. The Kier molecular flexibility index (Phi) is 6.66. The molecule has 166 valence electrons. The summed E-state index contributed by atoms with van der Waals surface area (Å²) in [6, 6.07) is 18.9. The number of carbonyl (C=O) groups excluding carboxylic acids is 1. The number of para-hydroxylation sites is 1. The zero-order chi connectivity index (χ0) is 22.5. The largest absolute Gasteiger partial charge is 0.497 e. The van der Waals surface area contributed by atoms with Crippen LogP contribution in [0, 0.1) is 6.92 Å². The molecule has 1 atom stereocenters. The molecule has 0 spiro atoms. The molecule has 7 heteroatoms. The summed E-state index contributed by atoms with van der Waals surface area (Å²) < 4.78 is 6.90. The number of carbonyl (C=O) groups is 1. The van der Waals surface area contributed by atoms with Gasteiger partial charge in [-0.3, -0.25) is 14.5 Å². The quantitative estimate of drug-likeness (QED) is 0.621. The fourth-order valence-electron chi connectivity index (χ4n) is 4.15. The van der Waals surface area contributed by atoms with Gasteiger partial charge in [0.25, 0.3) is 5.91 Å². The van der Waals surface area contributed by atoms with E-state index in [2.05, 4.69) is 15.3 Å². The third-order valence-electron chi connectivity index (χ3n) is 5.86. The highest BCUT2D eigenvalue weighted by Crippen LogP contribution is 2.26. The predicted molar refractivity (Wildman–Crippen MR) is 123 cm³/mol. The van der Waals surface area contributed by atoms with Crippen molar-refractivity contribution in [3.05, 3.63) is 87.8 Å². The Morgan fingerprint density at radius 3 is 2.44 bits per heavy atom. The van der Waals surface area contributed by atoms with Gasteiger partial charge in [0.15, 0.2) is 5.69 Å². The smallest absolute Gasteiger partial charge is 0.275 e. The van der Waals surface area contributed by atoms with Gasteiger partial charge in [0.1, 0.15) is 5.75 Å². The lowest BCUT2D eigenvalue weighted by molar-refractivity contribution is 0.0930. The third kappa shape index (κ3) is 4.73. The number of benzene rings is 2. The van der Waals surface area contributed by atoms with Gasteiger partial charge in [0.05, 0.1) is 18.8 Å². The first kappa shape index (κ1) is 21.8. The maximum absolute atomic E-state index is 13.0. The number of aryl methyl sites for hydroxylation is 1. The van der Waals surface area contributed by atoms with E-state index in [0.717, 1.165) is 42.9 Å². The minimum Gasteiger partial charge on any atom is -0.497 e. The zero-order valence-corrected chi connectivity index (χ0v) is 18.5. The van der Waals surface area contributed by atoms with Crippen LogP contribution in [-0.2, 0) is 0 Å². The van der Waals surface area contributed by atoms with Gasteiger partial charge in [-0.2, -0.15) is 5.10 Å². The number of aromatic nitrogens is 2. The van der Waals surface area contributed by atoms with Gasteiger partial charge in [-0.25, -0.2) is 4.68 Å². The van der Waals surface area contributed by atoms with Crippen molar-refractivity contribution in [1.82, 2.24) is 20.0 Å². The van der Waals surface area contributed by atoms with E-state index in [1.165, 1.54) is 6.07 Å². The lowest BCUT2D eigenvalue weighted by Crippen LogP contribution is -2.39. The van der Waals surface area contributed by atoms with Crippen LogP contribution in [0.4, 0.5) is 0 Å². The third-order valence-corrected chi connectivity index (χ3v) is 5.86. The van der Waals surface area contributed by atoms with Gasteiger partial charge in [-0.15, -0.1) is 0 Å². The summed E-state index contributed by atoms with van der Waals surface area (Å²) in [5.41, 5.74) is 2.09. The highest BCUT2D eigenvalue weighted by atomic mass is 16.5. The van der Waals surface area contributed by atoms with Crippen LogP contribution < -0.4 is 15.5 Å². The first-order valence-electron chi connectivity index (χ1n) is 10.9. The maximum Gasteiger partial charge on any atom is 0.275 e. The molecule has 2 heterocycles. The second-order valence-corrected chi connectivity index (χ2v) is 7.99. The summed E-state index contributed by atoms with van der Waals surface area (Å²) in [5.74, 6) is 0.334. The van der Waals surface area contributed by atoms with Crippen LogP contribution in [0.15, 0.2) is 65.5 Å². The standard InChI is InChI=1S/C25H28N4O3/c1-18-16-23(30)24(27-29(18)20-8-4-3-5-9-20)25(31)26-17-22(28-14-6-7-15-28)19-10-12-21(32-2)13-11-19/h3-5,8-13,16,22H,6-7,14-15,17H2,1-2H3,(H,26,31). The van der Waals surface area contributed by atoms with Crippen molar-refractivity contribution in [3.8, 4) is 11.4 Å². The predicted octanol–water partition coefficient (Wildman–Crippen LogP) is 3.12. The normalized spacial score (nSPS) is 14.8. The van der Waals surface area contributed by atoms with Gasteiger partial charge >= 0.3 is 0 Å². The summed E-state index contributed by atoms with van der Waals surface area (Å²) in [5, 5.41) is 7.33. The van der Waals surface area contributed by atoms with Gasteiger partial charge in [0.2, 0.25) is 5.43 Å². The molecule has 0 radical (unpaired) electrons. The van der Waals surface area contributed by atoms with Crippen molar-refractivity contribution in [2.45, 2.75) is 25.8 Å². The summed E-state index contributed by atoms with van der Waals surface area (Å²) >= 11 is 0. The fraction of sp³-hybridized carbons (Fsp3) is 0.320. The van der Waals surface area contributed by atoms with E-state index in [9.17, 15) is 9.59 Å². The molecule has 1 unspecified atom stereocenters. The van der Waals surface area contributed by atoms with Crippen LogP contribution in [0.2, 0.25) is 0 Å². The molecule has 0 bridgehead atoms. The Bertz CT molecular complexity index is 1120. The second kappa shape index (κ2) is 9.78. The average Bonchev–Trinajstić information content (AvgIpc) is 3.35. The van der Waals surface area contributed by atoms with Crippen LogP contribution in [0.5, 0.6) is 5.75 Å². The van der Waals surface area contributed by atoms with E-state index >= 15 is 0 Å². The molecule has 1 N–H and O–H groups in total. The number of nitrogens with zero attached hydrogens (tertiary/aromatic N) is 3. The second-order valence-electron chi connectivity index (χ2n) is 7.99. The van der Waals surface area contributed by atoms with E-state index in [-0.39, 0.29) is 17.2 Å². The van der Waals surface area contributed by atoms with Crippen molar-refractivity contribution in [1.29, 1.82) is 0 Å². The van der Waals surface area contributed by atoms with E-state index < -0.39 is 5.91 Å².